The van der Waals surface area contributed by atoms with Crippen molar-refractivity contribution in [3.63, 3.8) is 0 Å². The highest BCUT2D eigenvalue weighted by molar-refractivity contribution is 6.07. The molecule has 0 spiro atoms. The van der Waals surface area contributed by atoms with Crippen LogP contribution < -0.4 is 15.0 Å². The van der Waals surface area contributed by atoms with Gasteiger partial charge in [0.2, 0.25) is 0 Å². The smallest absolute Gasteiger partial charge is 0.258 e. The van der Waals surface area contributed by atoms with E-state index < -0.39 is 0 Å². The van der Waals surface area contributed by atoms with Crippen LogP contribution >= 0.6 is 0 Å². The van der Waals surface area contributed by atoms with E-state index in [1.54, 1.807) is 47.4 Å². The number of benzene rings is 3. The van der Waals surface area contributed by atoms with Gasteiger partial charge in [0.05, 0.1) is 6.61 Å². The molecule has 0 aliphatic heterocycles. The summed E-state index contributed by atoms with van der Waals surface area (Å²) in [6.07, 6.45) is 0. The fraction of sp³-hybridized carbons (Fsp3) is 0.167. The molecule has 3 aromatic rings. The number of hydrogen-bond donors (Lipinski definition) is 1. The molecule has 0 aromatic heterocycles. The summed E-state index contributed by atoms with van der Waals surface area (Å²) in [5, 5.41) is 2.85. The number of amides is 2. The maximum atomic E-state index is 12.9. The van der Waals surface area contributed by atoms with Crippen molar-refractivity contribution >= 4 is 23.2 Å². The number of hydrogen-bond acceptors (Lipinski definition) is 3. The molecule has 0 unspecified atom stereocenters. The van der Waals surface area contributed by atoms with E-state index in [2.05, 4.69) is 5.32 Å². The van der Waals surface area contributed by atoms with Gasteiger partial charge in [0.25, 0.3) is 11.8 Å². The van der Waals surface area contributed by atoms with Crippen LogP contribution in [-0.2, 0) is 0 Å². The van der Waals surface area contributed by atoms with Crippen LogP contribution in [0.15, 0.2) is 78.9 Å². The quantitative estimate of drug-likeness (QED) is 0.619. The Hall–Kier alpha value is -3.60. The summed E-state index contributed by atoms with van der Waals surface area (Å²) < 4.78 is 5.44. The Labute approximate surface area is 170 Å². The summed E-state index contributed by atoms with van der Waals surface area (Å²) in [5.41, 5.74) is 2.55. The van der Waals surface area contributed by atoms with Crippen LogP contribution in [0.2, 0.25) is 0 Å². The molecule has 5 nitrogen and oxygen atoms in total. The van der Waals surface area contributed by atoms with Gasteiger partial charge < -0.3 is 15.0 Å². The monoisotopic (exact) mass is 388 g/mol. The summed E-state index contributed by atoms with van der Waals surface area (Å²) in [4.78, 5) is 27.1. The van der Waals surface area contributed by atoms with Crippen LogP contribution in [-0.4, -0.2) is 25.0 Å². The Kier molecular flexibility index (Phi) is 6.63. The second-order valence-electron chi connectivity index (χ2n) is 6.38. The van der Waals surface area contributed by atoms with E-state index in [-0.39, 0.29) is 11.8 Å². The molecular weight excluding hydrogens is 364 g/mol. The predicted octanol–water partition coefficient (Wildman–Crippen LogP) is 5.00. The Morgan fingerprint density at radius 1 is 0.862 bits per heavy atom. The van der Waals surface area contributed by atoms with Gasteiger partial charge in [0.1, 0.15) is 5.75 Å². The standard InChI is InChI=1S/C24H24N2O3/c1-3-26(21-10-6-5-7-11-21)24(28)18-13-15-20(16-14-18)25-23(27)19-9-8-12-22(17-19)29-4-2/h5-17H,3-4H2,1-2H3,(H,25,27). The van der Waals surface area contributed by atoms with Crippen molar-refractivity contribution in [2.24, 2.45) is 0 Å². The minimum absolute atomic E-state index is 0.0824. The van der Waals surface area contributed by atoms with Crippen molar-refractivity contribution in [2.45, 2.75) is 13.8 Å². The van der Waals surface area contributed by atoms with E-state index >= 15 is 0 Å². The van der Waals surface area contributed by atoms with E-state index in [4.69, 9.17) is 4.74 Å². The van der Waals surface area contributed by atoms with Crippen molar-refractivity contribution < 1.29 is 14.3 Å². The minimum Gasteiger partial charge on any atom is -0.494 e. The SMILES string of the molecule is CCOc1cccc(C(=O)Nc2ccc(C(=O)N(CC)c3ccccc3)cc2)c1. The van der Waals surface area contributed by atoms with E-state index in [1.165, 1.54) is 0 Å². The van der Waals surface area contributed by atoms with Gasteiger partial charge >= 0.3 is 0 Å². The summed E-state index contributed by atoms with van der Waals surface area (Å²) in [6, 6.07) is 23.5. The van der Waals surface area contributed by atoms with E-state index in [0.29, 0.717) is 35.7 Å². The first-order valence-corrected chi connectivity index (χ1v) is 9.63. The van der Waals surface area contributed by atoms with Crippen molar-refractivity contribution in [2.75, 3.05) is 23.4 Å². The molecule has 0 radical (unpaired) electrons. The highest BCUT2D eigenvalue weighted by Crippen LogP contribution is 2.19. The van der Waals surface area contributed by atoms with Crippen LogP contribution in [0.5, 0.6) is 5.75 Å². The van der Waals surface area contributed by atoms with Gasteiger partial charge in [0, 0.05) is 29.0 Å². The van der Waals surface area contributed by atoms with Crippen LogP contribution in [0.4, 0.5) is 11.4 Å². The number of anilines is 2. The normalized spacial score (nSPS) is 10.3. The van der Waals surface area contributed by atoms with Crippen molar-refractivity contribution in [1.82, 2.24) is 0 Å². The molecule has 5 heteroatoms. The van der Waals surface area contributed by atoms with Crippen LogP contribution in [0.25, 0.3) is 0 Å². The third kappa shape index (κ3) is 5.02. The molecule has 148 valence electrons. The molecule has 3 rings (SSSR count). The molecule has 0 aliphatic rings. The number of nitrogens with one attached hydrogen (secondary N) is 1. The van der Waals surface area contributed by atoms with Crippen molar-refractivity contribution in [1.29, 1.82) is 0 Å². The van der Waals surface area contributed by atoms with Crippen molar-refractivity contribution in [3.05, 3.63) is 90.0 Å². The van der Waals surface area contributed by atoms with Gasteiger partial charge in [-0.05, 0) is 68.4 Å². The molecule has 0 fully saturated rings. The number of ether oxygens (including phenoxy) is 1. The highest BCUT2D eigenvalue weighted by atomic mass is 16.5. The van der Waals surface area contributed by atoms with E-state index in [1.807, 2.05) is 50.2 Å². The molecule has 0 atom stereocenters. The first kappa shape index (κ1) is 20.1. The Morgan fingerprint density at radius 3 is 2.24 bits per heavy atom. The number of nitrogens with zero attached hydrogens (tertiary/aromatic N) is 1. The topological polar surface area (TPSA) is 58.6 Å². The van der Waals surface area contributed by atoms with Gasteiger partial charge in [-0.1, -0.05) is 24.3 Å². The zero-order chi connectivity index (χ0) is 20.6. The maximum absolute atomic E-state index is 12.9. The van der Waals surface area contributed by atoms with E-state index in [0.717, 1.165) is 5.69 Å². The van der Waals surface area contributed by atoms with Crippen molar-refractivity contribution in [3.8, 4) is 5.75 Å². The zero-order valence-corrected chi connectivity index (χ0v) is 16.6. The first-order valence-electron chi connectivity index (χ1n) is 9.63. The number of para-hydroxylation sites is 1. The molecule has 0 heterocycles. The zero-order valence-electron chi connectivity index (χ0n) is 16.6. The number of carbonyl (C=O) groups is 2. The molecule has 2 amide bonds. The second kappa shape index (κ2) is 9.55. The average molecular weight is 388 g/mol. The largest absolute Gasteiger partial charge is 0.494 e. The summed E-state index contributed by atoms with van der Waals surface area (Å²) in [6.45, 7) is 4.94. The van der Waals surface area contributed by atoms with Gasteiger partial charge in [-0.25, -0.2) is 0 Å². The number of carbonyl (C=O) groups excluding carboxylic acids is 2. The Balaban J connectivity index is 1.70. The number of rotatable bonds is 7. The minimum atomic E-state index is -0.231. The summed E-state index contributed by atoms with van der Waals surface area (Å²) in [7, 11) is 0. The third-order valence-corrected chi connectivity index (χ3v) is 4.43. The molecule has 0 aliphatic carbocycles. The average Bonchev–Trinajstić information content (AvgIpc) is 2.76. The molecule has 3 aromatic carbocycles. The Bertz CT molecular complexity index is 969. The Morgan fingerprint density at radius 2 is 1.59 bits per heavy atom. The molecule has 29 heavy (non-hydrogen) atoms. The second-order valence-corrected chi connectivity index (χ2v) is 6.38. The molecule has 0 bridgehead atoms. The molecular formula is C24H24N2O3. The van der Waals surface area contributed by atoms with Crippen LogP contribution in [0.1, 0.15) is 34.6 Å². The maximum Gasteiger partial charge on any atom is 0.258 e. The highest BCUT2D eigenvalue weighted by Gasteiger charge is 2.16. The molecule has 0 saturated carbocycles. The van der Waals surface area contributed by atoms with Gasteiger partial charge in [0.15, 0.2) is 0 Å². The van der Waals surface area contributed by atoms with Gasteiger partial charge in [-0.15, -0.1) is 0 Å². The third-order valence-electron chi connectivity index (χ3n) is 4.43. The lowest BCUT2D eigenvalue weighted by atomic mass is 10.1. The summed E-state index contributed by atoms with van der Waals surface area (Å²) >= 11 is 0. The lowest BCUT2D eigenvalue weighted by Crippen LogP contribution is -2.30. The van der Waals surface area contributed by atoms with E-state index in [9.17, 15) is 9.59 Å². The fourth-order valence-electron chi connectivity index (χ4n) is 3.00. The lowest BCUT2D eigenvalue weighted by Gasteiger charge is -2.21. The van der Waals surface area contributed by atoms with Crippen LogP contribution in [0.3, 0.4) is 0 Å². The van der Waals surface area contributed by atoms with Gasteiger partial charge in [-0.2, -0.15) is 0 Å². The van der Waals surface area contributed by atoms with Gasteiger partial charge in [-0.3, -0.25) is 9.59 Å². The lowest BCUT2D eigenvalue weighted by molar-refractivity contribution is 0.0987. The first-order chi connectivity index (χ1) is 14.1. The van der Waals surface area contributed by atoms with Crippen LogP contribution in [0, 0.1) is 0 Å². The molecule has 0 saturated heterocycles. The predicted molar refractivity (Wildman–Crippen MR) is 116 cm³/mol. The molecule has 1 N–H and O–H groups in total. The summed E-state index contributed by atoms with van der Waals surface area (Å²) in [5.74, 6) is 0.341. The fourth-order valence-corrected chi connectivity index (χ4v) is 3.00.